The maximum absolute atomic E-state index is 14.2. The molecule has 3 heterocycles. The predicted octanol–water partition coefficient (Wildman–Crippen LogP) is 7.33. The monoisotopic (exact) mass is 549 g/mol. The molecule has 0 spiro atoms. The molecule has 210 valence electrons. The van der Waals surface area contributed by atoms with Gasteiger partial charge in [0.2, 0.25) is 0 Å². The van der Waals surface area contributed by atoms with Crippen molar-refractivity contribution in [3.05, 3.63) is 96.2 Å². The van der Waals surface area contributed by atoms with E-state index in [1.54, 1.807) is 36.5 Å². The molecule has 1 N–H and O–H groups in total. The summed E-state index contributed by atoms with van der Waals surface area (Å²) in [5.74, 6) is -0.310. The van der Waals surface area contributed by atoms with Crippen molar-refractivity contribution < 1.29 is 9.18 Å². The zero-order valence-corrected chi connectivity index (χ0v) is 23.9. The number of hydrogen-bond acceptors (Lipinski definition) is 5. The van der Waals surface area contributed by atoms with Crippen LogP contribution < -0.4 is 10.2 Å². The molecule has 2 aromatic carbocycles. The van der Waals surface area contributed by atoms with Crippen LogP contribution in [0.3, 0.4) is 0 Å². The standard InChI is InChI=1S/C34H36FN5O/c1-4-23(2)19-38-33(34(41)39-27-13-14-32(37-21-27)29-9-5-6-10-31(29)35)30-18-25(12-11-24(30)3)26-17-28(22-36-20-26)40-15-7-8-16-40/h5-6,9-14,17-18,20-23H,4,7-8,15-16,19H2,1-3H3,(H,39,41). The van der Waals surface area contributed by atoms with Crippen LogP contribution in [0.1, 0.15) is 44.2 Å². The van der Waals surface area contributed by atoms with Crippen LogP contribution in [-0.4, -0.2) is 41.2 Å². The minimum absolute atomic E-state index is 0.307. The van der Waals surface area contributed by atoms with Gasteiger partial charge in [-0.3, -0.25) is 19.8 Å². The van der Waals surface area contributed by atoms with Crippen molar-refractivity contribution >= 4 is 23.0 Å². The molecular formula is C34H36FN5O. The second kappa shape index (κ2) is 12.9. The number of rotatable bonds is 9. The van der Waals surface area contributed by atoms with Gasteiger partial charge in [-0.15, -0.1) is 0 Å². The zero-order valence-electron chi connectivity index (χ0n) is 23.9. The first kappa shape index (κ1) is 28.1. The molecule has 1 unspecified atom stereocenters. The second-order valence-electron chi connectivity index (χ2n) is 10.7. The minimum atomic E-state index is -0.340. The van der Waals surface area contributed by atoms with Crippen molar-refractivity contribution in [2.75, 3.05) is 29.9 Å². The maximum Gasteiger partial charge on any atom is 0.274 e. The van der Waals surface area contributed by atoms with Crippen LogP contribution in [0.5, 0.6) is 0 Å². The van der Waals surface area contributed by atoms with E-state index in [4.69, 9.17) is 4.99 Å². The molecule has 0 saturated carbocycles. The summed E-state index contributed by atoms with van der Waals surface area (Å²) < 4.78 is 14.2. The van der Waals surface area contributed by atoms with Crippen LogP contribution in [0.15, 0.2) is 84.2 Å². The summed E-state index contributed by atoms with van der Waals surface area (Å²) in [5, 5.41) is 2.96. The Labute approximate surface area is 241 Å². The van der Waals surface area contributed by atoms with Gasteiger partial charge in [-0.2, -0.15) is 0 Å². The summed E-state index contributed by atoms with van der Waals surface area (Å²) in [6.07, 6.45) is 8.70. The summed E-state index contributed by atoms with van der Waals surface area (Å²) in [7, 11) is 0. The fourth-order valence-corrected chi connectivity index (χ4v) is 4.93. The third-order valence-electron chi connectivity index (χ3n) is 7.67. The third kappa shape index (κ3) is 6.68. The lowest BCUT2D eigenvalue weighted by atomic mass is 9.96. The van der Waals surface area contributed by atoms with Crippen molar-refractivity contribution in [3.63, 3.8) is 0 Å². The first-order valence-corrected chi connectivity index (χ1v) is 14.3. The highest BCUT2D eigenvalue weighted by Crippen LogP contribution is 2.28. The molecule has 2 aromatic heterocycles. The molecule has 1 aliphatic rings. The van der Waals surface area contributed by atoms with E-state index in [1.807, 2.05) is 31.5 Å². The number of benzene rings is 2. The number of amides is 1. The van der Waals surface area contributed by atoms with E-state index in [1.165, 1.54) is 18.9 Å². The maximum atomic E-state index is 14.2. The van der Waals surface area contributed by atoms with Crippen molar-refractivity contribution in [1.82, 2.24) is 9.97 Å². The number of aryl methyl sites for hydroxylation is 1. The van der Waals surface area contributed by atoms with E-state index in [0.29, 0.717) is 35.1 Å². The van der Waals surface area contributed by atoms with Crippen LogP contribution >= 0.6 is 0 Å². The molecule has 1 aliphatic heterocycles. The topological polar surface area (TPSA) is 70.5 Å². The highest BCUT2D eigenvalue weighted by Gasteiger charge is 2.19. The largest absolute Gasteiger partial charge is 0.370 e. The van der Waals surface area contributed by atoms with E-state index < -0.39 is 0 Å². The van der Waals surface area contributed by atoms with E-state index in [9.17, 15) is 9.18 Å². The Morgan fingerprint density at radius 3 is 2.56 bits per heavy atom. The summed E-state index contributed by atoms with van der Waals surface area (Å²) in [5.41, 5.74) is 6.67. The first-order chi connectivity index (χ1) is 19.9. The number of nitrogens with one attached hydrogen (secondary N) is 1. The van der Waals surface area contributed by atoms with Crippen molar-refractivity contribution in [3.8, 4) is 22.4 Å². The van der Waals surface area contributed by atoms with E-state index in [-0.39, 0.29) is 11.7 Å². The summed E-state index contributed by atoms with van der Waals surface area (Å²) in [6, 6.07) is 18.2. The van der Waals surface area contributed by atoms with E-state index >= 15 is 0 Å². The lowest BCUT2D eigenvalue weighted by Gasteiger charge is -2.18. The van der Waals surface area contributed by atoms with Gasteiger partial charge >= 0.3 is 0 Å². The van der Waals surface area contributed by atoms with Gasteiger partial charge in [0.15, 0.2) is 0 Å². The third-order valence-corrected chi connectivity index (χ3v) is 7.67. The van der Waals surface area contributed by atoms with Gasteiger partial charge in [-0.25, -0.2) is 4.39 Å². The highest BCUT2D eigenvalue weighted by molar-refractivity contribution is 6.49. The van der Waals surface area contributed by atoms with Crippen LogP contribution in [0.4, 0.5) is 15.8 Å². The minimum Gasteiger partial charge on any atom is -0.370 e. The van der Waals surface area contributed by atoms with Gasteiger partial charge in [-0.05, 0) is 73.2 Å². The number of anilines is 2. The Morgan fingerprint density at radius 2 is 1.83 bits per heavy atom. The molecule has 6 nitrogen and oxygen atoms in total. The Bertz CT molecular complexity index is 1540. The first-order valence-electron chi connectivity index (χ1n) is 14.3. The molecule has 1 amide bonds. The van der Waals surface area contributed by atoms with Crippen molar-refractivity contribution in [2.45, 2.75) is 40.0 Å². The molecule has 1 atom stereocenters. The Hall–Kier alpha value is -4.39. The molecule has 0 aliphatic carbocycles. The zero-order chi connectivity index (χ0) is 28.8. The fourth-order valence-electron chi connectivity index (χ4n) is 4.93. The molecule has 1 saturated heterocycles. The quantitative estimate of drug-likeness (QED) is 0.222. The number of pyridine rings is 2. The van der Waals surface area contributed by atoms with Crippen LogP contribution in [0.25, 0.3) is 22.4 Å². The number of aliphatic imine (C=N–C) groups is 1. The van der Waals surface area contributed by atoms with E-state index in [2.05, 4.69) is 46.2 Å². The Kier molecular flexibility index (Phi) is 8.82. The lowest BCUT2D eigenvalue weighted by molar-refractivity contribution is -0.110. The van der Waals surface area contributed by atoms with Gasteiger partial charge in [-0.1, -0.05) is 44.5 Å². The normalized spacial score (nSPS) is 14.2. The molecule has 5 rings (SSSR count). The Morgan fingerprint density at radius 1 is 1.02 bits per heavy atom. The van der Waals surface area contributed by atoms with Gasteiger partial charge in [0.05, 0.1) is 29.5 Å². The molecule has 4 aromatic rings. The van der Waals surface area contributed by atoms with Gasteiger partial charge in [0.1, 0.15) is 11.5 Å². The molecule has 0 radical (unpaired) electrons. The number of aromatic nitrogens is 2. The molecular weight excluding hydrogens is 513 g/mol. The molecule has 41 heavy (non-hydrogen) atoms. The number of halogens is 1. The number of carbonyl (C=O) groups excluding carboxylic acids is 1. The summed E-state index contributed by atoms with van der Waals surface area (Å²) in [4.78, 5) is 29.8. The van der Waals surface area contributed by atoms with Crippen LogP contribution in [0.2, 0.25) is 0 Å². The van der Waals surface area contributed by atoms with Gasteiger partial charge < -0.3 is 10.2 Å². The van der Waals surface area contributed by atoms with E-state index in [0.717, 1.165) is 47.5 Å². The average molecular weight is 550 g/mol. The number of nitrogens with zero attached hydrogens (tertiary/aromatic N) is 4. The van der Waals surface area contributed by atoms with Crippen LogP contribution in [0, 0.1) is 18.7 Å². The molecule has 0 bridgehead atoms. The SMILES string of the molecule is CCC(C)CN=C(C(=O)Nc1ccc(-c2ccccc2F)nc1)c1cc(-c2cncc(N3CCCC3)c2)ccc1C. The number of carbonyl (C=O) groups is 1. The van der Waals surface area contributed by atoms with Gasteiger partial charge in [0.25, 0.3) is 5.91 Å². The Balaban J connectivity index is 1.44. The lowest BCUT2D eigenvalue weighted by Crippen LogP contribution is -2.25. The summed E-state index contributed by atoms with van der Waals surface area (Å²) >= 11 is 0. The smallest absolute Gasteiger partial charge is 0.274 e. The van der Waals surface area contributed by atoms with Crippen molar-refractivity contribution in [2.24, 2.45) is 10.9 Å². The van der Waals surface area contributed by atoms with Crippen molar-refractivity contribution in [1.29, 1.82) is 0 Å². The second-order valence-corrected chi connectivity index (χ2v) is 10.7. The van der Waals surface area contributed by atoms with Crippen LogP contribution in [-0.2, 0) is 4.79 Å². The predicted molar refractivity (Wildman–Crippen MR) is 165 cm³/mol. The number of hydrogen-bond donors (Lipinski definition) is 1. The average Bonchev–Trinajstić information content (AvgIpc) is 3.54. The molecule has 1 fully saturated rings. The fraction of sp³-hybridized carbons (Fsp3) is 0.294. The highest BCUT2D eigenvalue weighted by atomic mass is 19.1. The summed E-state index contributed by atoms with van der Waals surface area (Å²) in [6.45, 7) is 8.88. The molecule has 7 heteroatoms. The van der Waals surface area contributed by atoms with Gasteiger partial charge in [0, 0.05) is 42.5 Å².